The number of aliphatic hydroxyl groups is 7. The van der Waals surface area contributed by atoms with Crippen LogP contribution in [0.25, 0.3) is 0 Å². The van der Waals surface area contributed by atoms with Gasteiger partial charge in [0.1, 0.15) is 42.7 Å². The van der Waals surface area contributed by atoms with Crippen LogP contribution in [0.5, 0.6) is 0 Å². The van der Waals surface area contributed by atoms with E-state index in [1.165, 1.54) is 0 Å². The molecule has 0 aromatic carbocycles. The first kappa shape index (κ1) is 18.9. The molecule has 0 amide bonds. The first-order valence-corrected chi connectivity index (χ1v) is 7.15. The molecule has 0 saturated carbocycles. The van der Waals surface area contributed by atoms with Crippen molar-refractivity contribution in [3.05, 3.63) is 0 Å². The monoisotopic (exact) mass is 341 g/mol. The van der Waals surface area contributed by atoms with Crippen LogP contribution in [0, 0.1) is 0 Å². The molecule has 2 heterocycles. The Bertz CT molecular complexity index is 383. The second-order valence-electron chi connectivity index (χ2n) is 5.61. The van der Waals surface area contributed by atoms with Gasteiger partial charge in [0, 0.05) is 0 Å². The van der Waals surface area contributed by atoms with Gasteiger partial charge in [0.25, 0.3) is 0 Å². The molecule has 0 bridgehead atoms. The van der Waals surface area contributed by atoms with Crippen LogP contribution in [0.15, 0.2) is 0 Å². The molecule has 10 atom stereocenters. The maximum atomic E-state index is 10.1. The number of hydrogen-bond acceptors (Lipinski definition) is 11. The molecule has 0 aliphatic carbocycles. The van der Waals surface area contributed by atoms with Gasteiger partial charge >= 0.3 is 0 Å². The largest absolute Gasteiger partial charge is 0.394 e. The summed E-state index contributed by atoms with van der Waals surface area (Å²) in [6.45, 7) is -1.26. The summed E-state index contributed by atoms with van der Waals surface area (Å²) in [5.41, 5.74) is 5.55. The third kappa shape index (κ3) is 3.65. The second-order valence-corrected chi connectivity index (χ2v) is 5.61. The van der Waals surface area contributed by atoms with Crippen molar-refractivity contribution in [2.24, 2.45) is 5.73 Å². The summed E-state index contributed by atoms with van der Waals surface area (Å²) in [5.74, 6) is 0. The number of hydrogen-bond donors (Lipinski definition) is 8. The summed E-state index contributed by atoms with van der Waals surface area (Å²) in [6, 6.07) is -1.23. The smallest absolute Gasteiger partial charge is 0.187 e. The summed E-state index contributed by atoms with van der Waals surface area (Å²) < 4.78 is 15.5. The Morgan fingerprint density at radius 2 is 1.39 bits per heavy atom. The van der Waals surface area contributed by atoms with Gasteiger partial charge < -0.3 is 55.7 Å². The van der Waals surface area contributed by atoms with Crippen LogP contribution in [0.1, 0.15) is 0 Å². The van der Waals surface area contributed by atoms with Crippen molar-refractivity contribution >= 4 is 0 Å². The summed E-state index contributed by atoms with van der Waals surface area (Å²) in [4.78, 5) is 0. The maximum Gasteiger partial charge on any atom is 0.187 e. The van der Waals surface area contributed by atoms with Crippen LogP contribution in [0.4, 0.5) is 0 Å². The number of nitrogens with two attached hydrogens (primary N) is 1. The summed E-state index contributed by atoms with van der Waals surface area (Å²) in [5, 5.41) is 67.3. The molecule has 0 aromatic heterocycles. The molecule has 0 aromatic rings. The van der Waals surface area contributed by atoms with E-state index >= 15 is 0 Å². The van der Waals surface area contributed by atoms with Gasteiger partial charge in [-0.25, -0.2) is 0 Å². The van der Waals surface area contributed by atoms with Crippen LogP contribution in [-0.4, -0.2) is 110 Å². The standard InChI is InChI=1S/C12H23NO10/c13-5-7(17)10(4(2-15)21-11(5)20)23-12-9(19)8(18)6(16)3(1-14)22-12/h3-12,14-20H,1-2,13H2/t3-,4-,5-,6-,7-,8+,9-,10-,11?,12-/m1/s1. The molecular formula is C12H23NO10. The van der Waals surface area contributed by atoms with Crippen LogP contribution in [-0.2, 0) is 14.2 Å². The third-order valence-corrected chi connectivity index (χ3v) is 4.06. The van der Waals surface area contributed by atoms with E-state index in [1.807, 2.05) is 0 Å². The third-order valence-electron chi connectivity index (χ3n) is 4.06. The number of rotatable bonds is 4. The molecule has 23 heavy (non-hydrogen) atoms. The van der Waals surface area contributed by atoms with E-state index in [-0.39, 0.29) is 0 Å². The zero-order valence-corrected chi connectivity index (χ0v) is 12.1. The van der Waals surface area contributed by atoms with Gasteiger partial charge in [0.15, 0.2) is 12.6 Å². The predicted octanol–water partition coefficient (Wildman–Crippen LogP) is -5.43. The highest BCUT2D eigenvalue weighted by molar-refractivity contribution is 4.94. The minimum absolute atomic E-state index is 0.622. The van der Waals surface area contributed by atoms with Crippen LogP contribution in [0.2, 0.25) is 0 Å². The molecule has 2 aliphatic rings. The van der Waals surface area contributed by atoms with Crippen molar-refractivity contribution in [2.75, 3.05) is 13.2 Å². The van der Waals surface area contributed by atoms with Crippen molar-refractivity contribution in [1.82, 2.24) is 0 Å². The molecule has 2 rings (SSSR count). The van der Waals surface area contributed by atoms with E-state index in [4.69, 9.17) is 25.1 Å². The molecule has 2 aliphatic heterocycles. The van der Waals surface area contributed by atoms with E-state index in [2.05, 4.69) is 0 Å². The minimum Gasteiger partial charge on any atom is -0.394 e. The SMILES string of the molecule is N[C@H]1C(O)O[C@H](CO)[C@@H](O[C@H]2O[C@H](CO)[C@@H](O)[C@H](O)[C@H]2O)[C@@H]1O. The van der Waals surface area contributed by atoms with Gasteiger partial charge in [0.05, 0.1) is 19.3 Å². The maximum absolute atomic E-state index is 10.1. The fraction of sp³-hybridized carbons (Fsp3) is 1.00. The lowest BCUT2D eigenvalue weighted by molar-refractivity contribution is -0.344. The molecule has 2 saturated heterocycles. The Balaban J connectivity index is 2.11. The molecule has 136 valence electrons. The van der Waals surface area contributed by atoms with Gasteiger partial charge in [-0.05, 0) is 0 Å². The van der Waals surface area contributed by atoms with E-state index in [1.54, 1.807) is 0 Å². The summed E-state index contributed by atoms with van der Waals surface area (Å²) in [6.07, 6.45) is -13.0. The number of ether oxygens (including phenoxy) is 3. The van der Waals surface area contributed by atoms with Crippen LogP contribution in [0.3, 0.4) is 0 Å². The predicted molar refractivity (Wildman–Crippen MR) is 70.6 cm³/mol. The first-order chi connectivity index (χ1) is 10.8. The van der Waals surface area contributed by atoms with Gasteiger partial charge in [-0.2, -0.15) is 0 Å². The fourth-order valence-electron chi connectivity index (χ4n) is 2.60. The zero-order valence-electron chi connectivity index (χ0n) is 12.1. The summed E-state index contributed by atoms with van der Waals surface area (Å²) >= 11 is 0. The normalized spacial score (nSPS) is 51.7. The van der Waals surface area contributed by atoms with Gasteiger partial charge in [-0.15, -0.1) is 0 Å². The molecule has 1 unspecified atom stereocenters. The Hall–Kier alpha value is -0.440. The molecule has 0 spiro atoms. The van der Waals surface area contributed by atoms with E-state index in [9.17, 15) is 30.6 Å². The Morgan fingerprint density at radius 3 is 1.96 bits per heavy atom. The van der Waals surface area contributed by atoms with Crippen molar-refractivity contribution in [3.63, 3.8) is 0 Å². The zero-order chi connectivity index (χ0) is 17.3. The fourth-order valence-corrected chi connectivity index (χ4v) is 2.60. The molecule has 2 fully saturated rings. The first-order valence-electron chi connectivity index (χ1n) is 7.15. The molecule has 11 heteroatoms. The molecule has 9 N–H and O–H groups in total. The van der Waals surface area contributed by atoms with E-state index in [0.717, 1.165) is 0 Å². The lowest BCUT2D eigenvalue weighted by Gasteiger charge is -2.45. The van der Waals surface area contributed by atoms with Crippen LogP contribution < -0.4 is 5.73 Å². The average molecular weight is 341 g/mol. The van der Waals surface area contributed by atoms with Crippen molar-refractivity contribution < 1.29 is 50.0 Å². The highest BCUT2D eigenvalue weighted by Crippen LogP contribution is 2.27. The molecular weight excluding hydrogens is 318 g/mol. The quantitative estimate of drug-likeness (QED) is 0.243. The van der Waals surface area contributed by atoms with Gasteiger partial charge in [-0.1, -0.05) is 0 Å². The van der Waals surface area contributed by atoms with E-state index in [0.29, 0.717) is 0 Å². The Kier molecular flexibility index (Phi) is 6.27. The lowest BCUT2D eigenvalue weighted by Crippen LogP contribution is -2.66. The van der Waals surface area contributed by atoms with Crippen LogP contribution >= 0.6 is 0 Å². The average Bonchev–Trinajstić information content (AvgIpc) is 2.55. The van der Waals surface area contributed by atoms with Gasteiger partial charge in [-0.3, -0.25) is 0 Å². The topological polar surface area (TPSA) is 195 Å². The van der Waals surface area contributed by atoms with Crippen molar-refractivity contribution in [1.29, 1.82) is 0 Å². The lowest BCUT2D eigenvalue weighted by atomic mass is 9.96. The Morgan fingerprint density at radius 1 is 0.783 bits per heavy atom. The highest BCUT2D eigenvalue weighted by atomic mass is 16.7. The summed E-state index contributed by atoms with van der Waals surface area (Å²) in [7, 11) is 0. The minimum atomic E-state index is -1.68. The van der Waals surface area contributed by atoms with E-state index < -0.39 is 74.6 Å². The van der Waals surface area contributed by atoms with Crippen molar-refractivity contribution in [3.8, 4) is 0 Å². The Labute approximate surface area is 131 Å². The van der Waals surface area contributed by atoms with Crippen molar-refractivity contribution in [2.45, 2.75) is 61.3 Å². The number of aliphatic hydroxyl groups excluding tert-OH is 7. The second kappa shape index (κ2) is 7.63. The molecule has 0 radical (unpaired) electrons. The highest BCUT2D eigenvalue weighted by Gasteiger charge is 2.49. The van der Waals surface area contributed by atoms with Gasteiger partial charge in [0.2, 0.25) is 0 Å². The molecule has 11 nitrogen and oxygen atoms in total.